The summed E-state index contributed by atoms with van der Waals surface area (Å²) in [6.07, 6.45) is 3.78. The van der Waals surface area contributed by atoms with E-state index in [1.54, 1.807) is 30.5 Å². The molecule has 0 aliphatic heterocycles. The summed E-state index contributed by atoms with van der Waals surface area (Å²) in [5.74, 6) is 0.537. The van der Waals surface area contributed by atoms with Crippen LogP contribution in [0.4, 0.5) is 0 Å². The predicted octanol–water partition coefficient (Wildman–Crippen LogP) is 4.25. The largest absolute Gasteiger partial charge is 0.494 e. The van der Waals surface area contributed by atoms with Crippen molar-refractivity contribution in [1.82, 2.24) is 5.43 Å². The van der Waals surface area contributed by atoms with Crippen LogP contribution in [0.1, 0.15) is 46.8 Å². The fraction of sp³-hybridized carbons (Fsp3) is 0.300. The number of aryl methyl sites for hydroxylation is 2. The highest BCUT2D eigenvalue weighted by Crippen LogP contribution is 2.13. The average Bonchev–Trinajstić information content (AvgIpc) is 2.57. The summed E-state index contributed by atoms with van der Waals surface area (Å²) in [5.41, 5.74) is 6.42. The van der Waals surface area contributed by atoms with E-state index in [4.69, 9.17) is 4.74 Å². The van der Waals surface area contributed by atoms with Crippen molar-refractivity contribution in [2.45, 2.75) is 33.6 Å². The molecule has 0 aliphatic rings. The minimum absolute atomic E-state index is 0.240. The maximum absolute atomic E-state index is 12.1. The third kappa shape index (κ3) is 5.23. The molecule has 0 saturated carbocycles. The summed E-state index contributed by atoms with van der Waals surface area (Å²) in [4.78, 5) is 12.1. The molecule has 2 aromatic rings. The Hall–Kier alpha value is -2.62. The number of nitrogens with one attached hydrogen (secondary N) is 1. The van der Waals surface area contributed by atoms with E-state index in [-0.39, 0.29) is 5.91 Å². The zero-order valence-corrected chi connectivity index (χ0v) is 14.5. The molecule has 0 saturated heterocycles. The van der Waals surface area contributed by atoms with Crippen molar-refractivity contribution in [3.8, 4) is 5.75 Å². The highest BCUT2D eigenvalue weighted by molar-refractivity contribution is 5.95. The van der Waals surface area contributed by atoms with Gasteiger partial charge in [-0.1, -0.05) is 37.1 Å². The molecule has 0 unspecified atom stereocenters. The molecule has 126 valence electrons. The van der Waals surface area contributed by atoms with Gasteiger partial charge in [-0.3, -0.25) is 4.79 Å². The average molecular weight is 324 g/mol. The first kappa shape index (κ1) is 17.7. The van der Waals surface area contributed by atoms with Crippen LogP contribution in [0.15, 0.2) is 47.6 Å². The zero-order chi connectivity index (χ0) is 17.4. The van der Waals surface area contributed by atoms with Crippen LogP contribution in [0.3, 0.4) is 0 Å². The standard InChI is InChI=1S/C20H24N2O2/c1-4-5-12-24-19-10-8-17(9-11-19)20(23)22-21-14-18-7-6-15(2)13-16(18)3/h6-11,13-14H,4-5,12H2,1-3H3,(H,22,23)/b21-14+. The van der Waals surface area contributed by atoms with Crippen LogP contribution >= 0.6 is 0 Å². The number of hydrazone groups is 1. The first-order valence-electron chi connectivity index (χ1n) is 8.23. The Bertz CT molecular complexity index is 706. The van der Waals surface area contributed by atoms with E-state index in [0.717, 1.165) is 29.7 Å². The Morgan fingerprint density at radius 1 is 1.17 bits per heavy atom. The lowest BCUT2D eigenvalue weighted by Crippen LogP contribution is -2.17. The number of rotatable bonds is 7. The molecular weight excluding hydrogens is 300 g/mol. The molecule has 24 heavy (non-hydrogen) atoms. The molecule has 4 heteroatoms. The first-order valence-corrected chi connectivity index (χ1v) is 8.23. The van der Waals surface area contributed by atoms with E-state index in [9.17, 15) is 4.79 Å². The molecule has 0 heterocycles. The molecule has 0 bridgehead atoms. The fourth-order valence-corrected chi connectivity index (χ4v) is 2.23. The van der Waals surface area contributed by atoms with E-state index >= 15 is 0 Å². The topological polar surface area (TPSA) is 50.7 Å². The van der Waals surface area contributed by atoms with Crippen LogP contribution in [0.25, 0.3) is 0 Å². The second-order valence-corrected chi connectivity index (χ2v) is 5.79. The van der Waals surface area contributed by atoms with Crippen molar-refractivity contribution in [3.63, 3.8) is 0 Å². The van der Waals surface area contributed by atoms with E-state index in [1.807, 2.05) is 26.0 Å². The van der Waals surface area contributed by atoms with E-state index in [1.165, 1.54) is 5.56 Å². The van der Waals surface area contributed by atoms with Gasteiger partial charge in [-0.05, 0) is 55.7 Å². The Labute approximate surface area is 143 Å². The molecule has 1 amide bonds. The lowest BCUT2D eigenvalue weighted by molar-refractivity contribution is 0.0955. The van der Waals surface area contributed by atoms with Crippen molar-refractivity contribution >= 4 is 12.1 Å². The van der Waals surface area contributed by atoms with Crippen molar-refractivity contribution < 1.29 is 9.53 Å². The van der Waals surface area contributed by atoms with Crippen LogP contribution in [0.5, 0.6) is 5.75 Å². The Balaban J connectivity index is 1.91. The maximum Gasteiger partial charge on any atom is 0.271 e. The SMILES string of the molecule is CCCCOc1ccc(C(=O)N/N=C/c2ccc(C)cc2C)cc1. The molecule has 4 nitrogen and oxygen atoms in total. The molecule has 0 radical (unpaired) electrons. The Morgan fingerprint density at radius 2 is 1.92 bits per heavy atom. The van der Waals surface area contributed by atoms with Gasteiger partial charge in [0.2, 0.25) is 0 Å². The molecule has 2 rings (SSSR count). The van der Waals surface area contributed by atoms with E-state index < -0.39 is 0 Å². The molecule has 0 aliphatic carbocycles. The summed E-state index contributed by atoms with van der Waals surface area (Å²) in [6, 6.07) is 13.2. The number of amides is 1. The number of hydrogen-bond donors (Lipinski definition) is 1. The number of hydrogen-bond acceptors (Lipinski definition) is 3. The van der Waals surface area contributed by atoms with Crippen LogP contribution < -0.4 is 10.2 Å². The highest BCUT2D eigenvalue weighted by atomic mass is 16.5. The van der Waals surface area contributed by atoms with Gasteiger partial charge in [-0.2, -0.15) is 5.10 Å². The Kier molecular flexibility index (Phi) is 6.55. The van der Waals surface area contributed by atoms with Crippen LogP contribution in [0.2, 0.25) is 0 Å². The number of benzene rings is 2. The van der Waals surface area contributed by atoms with Crippen molar-refractivity contribution in [1.29, 1.82) is 0 Å². The monoisotopic (exact) mass is 324 g/mol. The molecule has 1 N–H and O–H groups in total. The van der Waals surface area contributed by atoms with Crippen LogP contribution in [0, 0.1) is 13.8 Å². The summed E-state index contributed by atoms with van der Waals surface area (Å²) in [7, 11) is 0. The summed E-state index contributed by atoms with van der Waals surface area (Å²) in [5, 5.41) is 4.04. The van der Waals surface area contributed by atoms with Crippen LogP contribution in [-0.2, 0) is 0 Å². The molecule has 2 aromatic carbocycles. The second kappa shape index (κ2) is 8.87. The summed E-state index contributed by atoms with van der Waals surface area (Å²) >= 11 is 0. The van der Waals surface area contributed by atoms with Gasteiger partial charge in [0.05, 0.1) is 12.8 Å². The van der Waals surface area contributed by atoms with Gasteiger partial charge >= 0.3 is 0 Å². The highest BCUT2D eigenvalue weighted by Gasteiger charge is 2.04. The van der Waals surface area contributed by atoms with Crippen LogP contribution in [-0.4, -0.2) is 18.7 Å². The summed E-state index contributed by atoms with van der Waals surface area (Å²) < 4.78 is 5.58. The number of unbranched alkanes of at least 4 members (excludes halogenated alkanes) is 1. The van der Waals surface area contributed by atoms with Gasteiger partial charge in [0.1, 0.15) is 5.75 Å². The smallest absolute Gasteiger partial charge is 0.271 e. The fourth-order valence-electron chi connectivity index (χ4n) is 2.23. The molecule has 0 atom stereocenters. The third-order valence-electron chi connectivity index (χ3n) is 3.68. The van der Waals surface area contributed by atoms with E-state index in [2.05, 4.69) is 23.5 Å². The van der Waals surface area contributed by atoms with Crippen molar-refractivity contribution in [3.05, 3.63) is 64.7 Å². The first-order chi connectivity index (χ1) is 11.6. The number of ether oxygens (including phenoxy) is 1. The minimum Gasteiger partial charge on any atom is -0.494 e. The lowest BCUT2D eigenvalue weighted by atomic mass is 10.1. The van der Waals surface area contributed by atoms with E-state index in [0.29, 0.717) is 12.2 Å². The molecule has 0 fully saturated rings. The Morgan fingerprint density at radius 3 is 2.58 bits per heavy atom. The second-order valence-electron chi connectivity index (χ2n) is 5.79. The van der Waals surface area contributed by atoms with Gasteiger partial charge in [0.25, 0.3) is 5.91 Å². The maximum atomic E-state index is 12.1. The van der Waals surface area contributed by atoms with Gasteiger partial charge in [-0.25, -0.2) is 5.43 Å². The van der Waals surface area contributed by atoms with Gasteiger partial charge < -0.3 is 4.74 Å². The number of nitrogens with zero attached hydrogens (tertiary/aromatic N) is 1. The number of carbonyl (C=O) groups is 1. The minimum atomic E-state index is -0.240. The lowest BCUT2D eigenvalue weighted by Gasteiger charge is -2.06. The zero-order valence-electron chi connectivity index (χ0n) is 14.5. The van der Waals surface area contributed by atoms with Crippen molar-refractivity contribution in [2.75, 3.05) is 6.61 Å². The molecule has 0 spiro atoms. The van der Waals surface area contributed by atoms with Gasteiger partial charge in [0.15, 0.2) is 0 Å². The van der Waals surface area contributed by atoms with Crippen molar-refractivity contribution in [2.24, 2.45) is 5.10 Å². The third-order valence-corrected chi connectivity index (χ3v) is 3.68. The van der Waals surface area contributed by atoms with Gasteiger partial charge in [-0.15, -0.1) is 0 Å². The molecular formula is C20H24N2O2. The molecule has 0 aromatic heterocycles. The predicted molar refractivity (Wildman–Crippen MR) is 97.8 cm³/mol. The number of carbonyl (C=O) groups excluding carboxylic acids is 1. The quantitative estimate of drug-likeness (QED) is 0.470. The normalized spacial score (nSPS) is 10.8. The van der Waals surface area contributed by atoms with Gasteiger partial charge in [0, 0.05) is 5.56 Å². The summed E-state index contributed by atoms with van der Waals surface area (Å²) in [6.45, 7) is 6.89.